The lowest BCUT2D eigenvalue weighted by molar-refractivity contribution is -0.149. The molecule has 0 bridgehead atoms. The fourth-order valence-electron chi connectivity index (χ4n) is 6.05. The number of carbonyl (C=O) groups is 2. The topological polar surface area (TPSA) is 87.1 Å². The maximum atomic E-state index is 12.2. The van der Waals surface area contributed by atoms with E-state index in [0.717, 1.165) is 63.5 Å². The molecule has 208 valence electrons. The molecule has 5 rings (SSSR count). The molecular weight excluding hydrogens is 530 g/mol. The van der Waals surface area contributed by atoms with E-state index in [0.29, 0.717) is 10.9 Å². The van der Waals surface area contributed by atoms with Gasteiger partial charge in [0.05, 0.1) is 4.90 Å². The van der Waals surface area contributed by atoms with Crippen LogP contribution < -0.4 is 4.74 Å². The van der Waals surface area contributed by atoms with Gasteiger partial charge in [0.1, 0.15) is 11.4 Å². The largest absolute Gasteiger partial charge is 0.487 e. The number of para-hydroxylation sites is 1. The van der Waals surface area contributed by atoms with Crippen LogP contribution in [-0.4, -0.2) is 51.8 Å². The van der Waals surface area contributed by atoms with E-state index in [1.165, 1.54) is 30.6 Å². The van der Waals surface area contributed by atoms with Gasteiger partial charge >= 0.3 is 11.9 Å². The molecule has 2 atom stereocenters. The molecule has 8 heteroatoms. The molecule has 0 aliphatic carbocycles. The molecule has 2 unspecified atom stereocenters. The van der Waals surface area contributed by atoms with Crippen molar-refractivity contribution < 1.29 is 24.5 Å². The second-order valence-electron chi connectivity index (χ2n) is 11.7. The van der Waals surface area contributed by atoms with Crippen LogP contribution in [0.4, 0.5) is 0 Å². The van der Waals surface area contributed by atoms with Gasteiger partial charge in [-0.05, 0) is 113 Å². The Morgan fingerprint density at radius 2 is 1.77 bits per heavy atom. The lowest BCUT2D eigenvalue weighted by Gasteiger charge is -2.33. The Labute approximate surface area is 238 Å². The number of carboxylic acid groups (broad SMARTS) is 2. The van der Waals surface area contributed by atoms with Crippen LogP contribution in [0.2, 0.25) is 0 Å². The van der Waals surface area contributed by atoms with Crippen molar-refractivity contribution in [1.29, 1.82) is 0 Å². The Morgan fingerprint density at radius 1 is 1.00 bits per heavy atom. The number of thiophene rings is 1. The van der Waals surface area contributed by atoms with Crippen molar-refractivity contribution in [3.8, 4) is 5.75 Å². The van der Waals surface area contributed by atoms with Gasteiger partial charge < -0.3 is 19.8 Å². The molecule has 6 nitrogen and oxygen atoms in total. The first-order chi connectivity index (χ1) is 18.6. The normalized spacial score (nSPS) is 20.5. The van der Waals surface area contributed by atoms with Crippen molar-refractivity contribution in [1.82, 2.24) is 4.90 Å². The first-order valence-corrected chi connectivity index (χ1v) is 15.5. The summed E-state index contributed by atoms with van der Waals surface area (Å²) < 4.78 is 7.15. The summed E-state index contributed by atoms with van der Waals surface area (Å²) in [5, 5.41) is 20.9. The van der Waals surface area contributed by atoms with Crippen LogP contribution in [0.1, 0.15) is 81.6 Å². The van der Waals surface area contributed by atoms with Crippen molar-refractivity contribution in [2.45, 2.75) is 92.6 Å². The summed E-state index contributed by atoms with van der Waals surface area (Å²) in [6.07, 6.45) is 6.65. The molecule has 2 aliphatic rings. The number of aliphatic carboxylic acids is 2. The van der Waals surface area contributed by atoms with Gasteiger partial charge in [-0.1, -0.05) is 30.3 Å². The van der Waals surface area contributed by atoms with Crippen LogP contribution >= 0.6 is 23.1 Å². The monoisotopic (exact) mass is 567 g/mol. The first kappa shape index (κ1) is 28.0. The summed E-state index contributed by atoms with van der Waals surface area (Å²) >= 11 is 2.95. The SMILES string of the molecule is CC(C)(C)Oc1ccccc1Sc1ccc2sc(C(C(=O)O)C(=O)O)c(C3CCC4CCCCN4CC3)c2c1. The van der Waals surface area contributed by atoms with Crippen molar-refractivity contribution >= 4 is 45.1 Å². The van der Waals surface area contributed by atoms with Crippen LogP contribution in [0.15, 0.2) is 52.3 Å². The number of rotatable bonds is 7. The summed E-state index contributed by atoms with van der Waals surface area (Å²) in [5.74, 6) is -3.20. The van der Waals surface area contributed by atoms with E-state index < -0.39 is 17.9 Å². The fourth-order valence-corrected chi connectivity index (χ4v) is 8.33. The zero-order valence-electron chi connectivity index (χ0n) is 22.8. The molecule has 2 fully saturated rings. The molecule has 0 radical (unpaired) electrons. The highest BCUT2D eigenvalue weighted by atomic mass is 32.2. The van der Waals surface area contributed by atoms with Crippen LogP contribution in [0, 0.1) is 0 Å². The minimum absolute atomic E-state index is 0.136. The zero-order chi connectivity index (χ0) is 27.7. The molecule has 3 aromatic rings. The minimum Gasteiger partial charge on any atom is -0.487 e. The molecule has 3 heterocycles. The summed E-state index contributed by atoms with van der Waals surface area (Å²) in [5.41, 5.74) is 0.608. The molecule has 1 aromatic heterocycles. The third-order valence-corrected chi connectivity index (χ3v) is 10.0. The first-order valence-electron chi connectivity index (χ1n) is 13.8. The molecule has 2 aliphatic heterocycles. The Bertz CT molecular complexity index is 1330. The lowest BCUT2D eigenvalue weighted by atomic mass is 9.86. The summed E-state index contributed by atoms with van der Waals surface area (Å²) in [7, 11) is 0. The standard InChI is InChI=1S/C31H37NO5S2/c1-31(2,3)37-23-9-4-5-10-25(23)38-21-13-14-24-22(18-21)26(28(39-24)27(29(33)34)30(35)36)19-11-12-20-8-6-7-16-32(20)17-15-19/h4-5,9-10,13-14,18-20,27H,6-8,11-12,15-17H2,1-3H3,(H,33,34)(H,35,36). The van der Waals surface area contributed by atoms with E-state index in [-0.39, 0.29) is 11.5 Å². The zero-order valence-corrected chi connectivity index (χ0v) is 24.4. The maximum absolute atomic E-state index is 12.2. The van der Waals surface area contributed by atoms with Gasteiger partial charge in [-0.3, -0.25) is 9.59 Å². The second kappa shape index (κ2) is 11.5. The number of hydrogen-bond donors (Lipinski definition) is 2. The Kier molecular flexibility index (Phi) is 8.26. The van der Waals surface area contributed by atoms with E-state index in [4.69, 9.17) is 4.74 Å². The third kappa shape index (κ3) is 6.28. The van der Waals surface area contributed by atoms with Crippen molar-refractivity contribution in [2.24, 2.45) is 0 Å². The van der Waals surface area contributed by atoms with Gasteiger partial charge in [-0.15, -0.1) is 11.3 Å². The van der Waals surface area contributed by atoms with Gasteiger partial charge in [0, 0.05) is 20.5 Å². The molecular formula is C31H37NO5S2. The summed E-state index contributed by atoms with van der Waals surface area (Å²) in [6, 6.07) is 14.7. The maximum Gasteiger partial charge on any atom is 0.323 e. The Hall–Kier alpha value is -2.55. The molecule has 2 N–H and O–H groups in total. The minimum atomic E-state index is -1.56. The van der Waals surface area contributed by atoms with Crippen molar-refractivity contribution in [3.05, 3.63) is 52.9 Å². The van der Waals surface area contributed by atoms with Crippen LogP contribution in [0.25, 0.3) is 10.1 Å². The van der Waals surface area contributed by atoms with Crippen LogP contribution in [-0.2, 0) is 9.59 Å². The van der Waals surface area contributed by atoms with Crippen molar-refractivity contribution in [2.75, 3.05) is 13.1 Å². The Morgan fingerprint density at radius 3 is 2.51 bits per heavy atom. The average molecular weight is 568 g/mol. The molecule has 0 saturated carbocycles. The average Bonchev–Trinajstić information content (AvgIpc) is 3.08. The van der Waals surface area contributed by atoms with Gasteiger partial charge in [0.25, 0.3) is 0 Å². The van der Waals surface area contributed by atoms with E-state index in [1.807, 2.05) is 57.2 Å². The summed E-state index contributed by atoms with van der Waals surface area (Å²) in [4.78, 5) is 29.5. The van der Waals surface area contributed by atoms with Crippen molar-refractivity contribution in [3.63, 3.8) is 0 Å². The third-order valence-electron chi connectivity index (χ3n) is 7.75. The number of fused-ring (bicyclic) bond motifs is 2. The van der Waals surface area contributed by atoms with Gasteiger partial charge in [0.15, 0.2) is 5.92 Å². The molecule has 39 heavy (non-hydrogen) atoms. The fraction of sp³-hybridized carbons (Fsp3) is 0.484. The summed E-state index contributed by atoms with van der Waals surface area (Å²) in [6.45, 7) is 8.18. The second-order valence-corrected chi connectivity index (χ2v) is 13.9. The number of ether oxygens (including phenoxy) is 1. The lowest BCUT2D eigenvalue weighted by Crippen LogP contribution is -2.38. The van der Waals surface area contributed by atoms with Crippen LogP contribution in [0.3, 0.4) is 0 Å². The number of nitrogens with zero attached hydrogens (tertiary/aromatic N) is 1. The van der Waals surface area contributed by atoms with E-state index in [1.54, 1.807) is 11.8 Å². The predicted molar refractivity (Wildman–Crippen MR) is 157 cm³/mol. The number of hydrogen-bond acceptors (Lipinski definition) is 6. The molecule has 2 saturated heterocycles. The van der Waals surface area contributed by atoms with E-state index >= 15 is 0 Å². The highest BCUT2D eigenvalue weighted by Gasteiger charge is 2.37. The van der Waals surface area contributed by atoms with E-state index in [9.17, 15) is 19.8 Å². The van der Waals surface area contributed by atoms with Gasteiger partial charge in [0.2, 0.25) is 0 Å². The predicted octanol–water partition coefficient (Wildman–Crippen LogP) is 7.60. The number of benzene rings is 2. The van der Waals surface area contributed by atoms with Gasteiger partial charge in [-0.2, -0.15) is 0 Å². The molecule has 2 aromatic carbocycles. The van der Waals surface area contributed by atoms with Gasteiger partial charge in [-0.25, -0.2) is 0 Å². The smallest absolute Gasteiger partial charge is 0.323 e. The quantitative estimate of drug-likeness (QED) is 0.284. The molecule has 0 spiro atoms. The van der Waals surface area contributed by atoms with Crippen LogP contribution in [0.5, 0.6) is 5.75 Å². The number of carboxylic acids is 2. The molecule has 0 amide bonds. The highest BCUT2D eigenvalue weighted by molar-refractivity contribution is 7.99. The highest BCUT2D eigenvalue weighted by Crippen LogP contribution is 2.47. The Balaban J connectivity index is 1.56. The van der Waals surface area contributed by atoms with E-state index in [2.05, 4.69) is 11.0 Å². The number of piperidine rings is 1.